The highest BCUT2D eigenvalue weighted by Gasteiger charge is 2.17. The Morgan fingerprint density at radius 1 is 1.54 bits per heavy atom. The van der Waals surface area contributed by atoms with Crippen molar-refractivity contribution < 1.29 is 14.6 Å². The molecule has 0 aliphatic carbocycles. The predicted octanol–water partition coefficient (Wildman–Crippen LogP) is 1.12. The van der Waals surface area contributed by atoms with Crippen molar-refractivity contribution in [3.63, 3.8) is 0 Å². The van der Waals surface area contributed by atoms with Gasteiger partial charge >= 0.3 is 0 Å². The van der Waals surface area contributed by atoms with Gasteiger partial charge in [0.05, 0.1) is 20.3 Å². The molecule has 0 radical (unpaired) electrons. The number of benzene rings is 1. The Kier molecular flexibility index (Phi) is 2.10. The first-order chi connectivity index (χ1) is 6.35. The Hall–Kier alpha value is -1.22. The lowest BCUT2D eigenvalue weighted by Gasteiger charge is -2.08. The van der Waals surface area contributed by atoms with E-state index in [2.05, 4.69) is 0 Å². The number of hydrogen-bond acceptors (Lipinski definition) is 3. The van der Waals surface area contributed by atoms with Crippen LogP contribution < -0.4 is 9.47 Å². The summed E-state index contributed by atoms with van der Waals surface area (Å²) in [5.41, 5.74) is 2.00. The van der Waals surface area contributed by atoms with Crippen molar-refractivity contribution in [2.24, 2.45) is 0 Å². The number of methoxy groups -OCH3 is 1. The minimum Gasteiger partial charge on any atom is -0.493 e. The summed E-state index contributed by atoms with van der Waals surface area (Å²) in [6.07, 6.45) is 0.902. The fraction of sp³-hybridized carbons (Fsp3) is 0.400. The van der Waals surface area contributed by atoms with Crippen molar-refractivity contribution in [2.45, 2.75) is 13.0 Å². The summed E-state index contributed by atoms with van der Waals surface area (Å²) in [5, 5.41) is 8.99. The molecule has 1 aromatic rings. The molecule has 1 aromatic carbocycles. The van der Waals surface area contributed by atoms with Gasteiger partial charge in [-0.25, -0.2) is 0 Å². The number of rotatable bonds is 2. The molecule has 0 bridgehead atoms. The van der Waals surface area contributed by atoms with Crippen LogP contribution in [0.25, 0.3) is 0 Å². The van der Waals surface area contributed by atoms with Crippen LogP contribution in [0.5, 0.6) is 11.5 Å². The summed E-state index contributed by atoms with van der Waals surface area (Å²) in [6, 6.07) is 3.77. The normalized spacial score (nSPS) is 13.7. The van der Waals surface area contributed by atoms with Crippen molar-refractivity contribution in [1.29, 1.82) is 0 Å². The van der Waals surface area contributed by atoms with Gasteiger partial charge in [-0.1, -0.05) is 0 Å². The molecule has 0 amide bonds. The largest absolute Gasteiger partial charge is 0.493 e. The maximum absolute atomic E-state index is 8.99. The number of aliphatic hydroxyl groups excluding tert-OH is 1. The average molecular weight is 180 g/mol. The molecule has 2 rings (SSSR count). The van der Waals surface area contributed by atoms with E-state index in [1.165, 1.54) is 0 Å². The Balaban J connectivity index is 2.49. The zero-order chi connectivity index (χ0) is 9.26. The van der Waals surface area contributed by atoms with Crippen molar-refractivity contribution >= 4 is 0 Å². The lowest BCUT2D eigenvalue weighted by Crippen LogP contribution is -1.92. The van der Waals surface area contributed by atoms with E-state index in [0.29, 0.717) is 6.61 Å². The third kappa shape index (κ3) is 1.35. The lowest BCUT2D eigenvalue weighted by molar-refractivity contribution is 0.280. The smallest absolute Gasteiger partial charge is 0.164 e. The molecule has 70 valence electrons. The van der Waals surface area contributed by atoms with Gasteiger partial charge in [-0.3, -0.25) is 0 Å². The van der Waals surface area contributed by atoms with Crippen LogP contribution in [-0.2, 0) is 13.0 Å². The fourth-order valence-electron chi connectivity index (χ4n) is 1.58. The van der Waals surface area contributed by atoms with Gasteiger partial charge < -0.3 is 14.6 Å². The molecule has 0 fully saturated rings. The molecule has 1 heterocycles. The SMILES string of the molecule is COc1cc(CO)cc2c1OCC2. The average Bonchev–Trinajstić information content (AvgIpc) is 2.63. The third-order valence-corrected chi connectivity index (χ3v) is 2.21. The van der Waals surface area contributed by atoms with Crippen LogP contribution in [0.3, 0.4) is 0 Å². The van der Waals surface area contributed by atoms with Gasteiger partial charge in [-0.15, -0.1) is 0 Å². The highest BCUT2D eigenvalue weighted by molar-refractivity contribution is 5.51. The number of fused-ring (bicyclic) bond motifs is 1. The molecule has 3 heteroatoms. The van der Waals surface area contributed by atoms with E-state index >= 15 is 0 Å². The van der Waals surface area contributed by atoms with Crippen LogP contribution in [0, 0.1) is 0 Å². The summed E-state index contributed by atoms with van der Waals surface area (Å²) in [6.45, 7) is 0.754. The van der Waals surface area contributed by atoms with E-state index in [1.54, 1.807) is 7.11 Å². The molecule has 1 aliphatic heterocycles. The zero-order valence-corrected chi connectivity index (χ0v) is 7.54. The second-order valence-corrected chi connectivity index (χ2v) is 3.04. The van der Waals surface area contributed by atoms with E-state index in [0.717, 1.165) is 29.0 Å². The Morgan fingerprint density at radius 2 is 2.38 bits per heavy atom. The van der Waals surface area contributed by atoms with Crippen LogP contribution in [-0.4, -0.2) is 18.8 Å². The van der Waals surface area contributed by atoms with E-state index in [1.807, 2.05) is 12.1 Å². The summed E-state index contributed by atoms with van der Waals surface area (Å²) >= 11 is 0. The van der Waals surface area contributed by atoms with Gasteiger partial charge in [0.1, 0.15) is 0 Å². The molecule has 13 heavy (non-hydrogen) atoms. The first kappa shape index (κ1) is 8.38. The minimum absolute atomic E-state index is 0.0453. The number of ether oxygens (including phenoxy) is 2. The molecule has 0 saturated heterocycles. The van der Waals surface area contributed by atoms with Crippen molar-refractivity contribution in [3.05, 3.63) is 23.3 Å². The van der Waals surface area contributed by atoms with Crippen LogP contribution >= 0.6 is 0 Å². The van der Waals surface area contributed by atoms with Gasteiger partial charge in [0.25, 0.3) is 0 Å². The van der Waals surface area contributed by atoms with Crippen LogP contribution in [0.1, 0.15) is 11.1 Å². The molecule has 0 spiro atoms. The van der Waals surface area contributed by atoms with Crippen molar-refractivity contribution in [3.8, 4) is 11.5 Å². The predicted molar refractivity (Wildman–Crippen MR) is 48.1 cm³/mol. The Labute approximate surface area is 76.9 Å². The molecule has 0 aromatic heterocycles. The first-order valence-electron chi connectivity index (χ1n) is 4.28. The van der Waals surface area contributed by atoms with Crippen molar-refractivity contribution in [1.82, 2.24) is 0 Å². The van der Waals surface area contributed by atoms with Gasteiger partial charge in [0.2, 0.25) is 0 Å². The van der Waals surface area contributed by atoms with Crippen LogP contribution in [0.2, 0.25) is 0 Å². The van der Waals surface area contributed by atoms with E-state index < -0.39 is 0 Å². The molecule has 0 unspecified atom stereocenters. The van der Waals surface area contributed by atoms with Gasteiger partial charge in [0.15, 0.2) is 11.5 Å². The van der Waals surface area contributed by atoms with Crippen LogP contribution in [0.15, 0.2) is 12.1 Å². The first-order valence-corrected chi connectivity index (χ1v) is 4.28. The summed E-state index contributed by atoms with van der Waals surface area (Å²) in [7, 11) is 1.61. The molecule has 1 aliphatic rings. The van der Waals surface area contributed by atoms with E-state index in [9.17, 15) is 0 Å². The molecule has 0 atom stereocenters. The summed E-state index contributed by atoms with van der Waals surface area (Å²) < 4.78 is 10.6. The Morgan fingerprint density at radius 3 is 3.08 bits per heavy atom. The Bertz CT molecular complexity index is 320. The second-order valence-electron chi connectivity index (χ2n) is 3.04. The molecule has 1 N–H and O–H groups in total. The summed E-state index contributed by atoms with van der Waals surface area (Å²) in [4.78, 5) is 0. The minimum atomic E-state index is 0.0453. The number of aliphatic hydroxyl groups is 1. The molecule has 0 saturated carbocycles. The van der Waals surface area contributed by atoms with E-state index in [-0.39, 0.29) is 6.61 Å². The molecular weight excluding hydrogens is 168 g/mol. The van der Waals surface area contributed by atoms with Crippen molar-refractivity contribution in [2.75, 3.05) is 13.7 Å². The van der Waals surface area contributed by atoms with Gasteiger partial charge in [-0.2, -0.15) is 0 Å². The van der Waals surface area contributed by atoms with E-state index in [4.69, 9.17) is 14.6 Å². The van der Waals surface area contributed by atoms with Crippen LogP contribution in [0.4, 0.5) is 0 Å². The monoisotopic (exact) mass is 180 g/mol. The summed E-state index contributed by atoms with van der Waals surface area (Å²) in [5.74, 6) is 1.55. The third-order valence-electron chi connectivity index (χ3n) is 2.21. The maximum atomic E-state index is 8.99. The van der Waals surface area contributed by atoms with Gasteiger partial charge in [-0.05, 0) is 17.7 Å². The van der Waals surface area contributed by atoms with Gasteiger partial charge in [0, 0.05) is 12.0 Å². The fourth-order valence-corrected chi connectivity index (χ4v) is 1.58. The quantitative estimate of drug-likeness (QED) is 0.741. The molecular formula is C10H12O3. The second kappa shape index (κ2) is 3.26. The zero-order valence-electron chi connectivity index (χ0n) is 7.54. The molecule has 3 nitrogen and oxygen atoms in total. The highest BCUT2D eigenvalue weighted by Crippen LogP contribution is 2.36. The number of hydrogen-bond donors (Lipinski definition) is 1. The topological polar surface area (TPSA) is 38.7 Å². The maximum Gasteiger partial charge on any atom is 0.164 e. The lowest BCUT2D eigenvalue weighted by atomic mass is 10.1. The highest BCUT2D eigenvalue weighted by atomic mass is 16.5. The standard InChI is InChI=1S/C10H12O3/c1-12-9-5-7(6-11)4-8-2-3-13-10(8)9/h4-5,11H,2-3,6H2,1H3.